The molecule has 10 heteroatoms. The van der Waals surface area contributed by atoms with Crippen LogP contribution in [-0.4, -0.2) is 46.6 Å². The van der Waals surface area contributed by atoms with Gasteiger partial charge in [0.2, 0.25) is 5.91 Å². The molecule has 3 aromatic rings. The van der Waals surface area contributed by atoms with Gasteiger partial charge in [0.15, 0.2) is 0 Å². The third-order valence-corrected chi connectivity index (χ3v) is 5.36. The predicted molar refractivity (Wildman–Crippen MR) is 117 cm³/mol. The van der Waals surface area contributed by atoms with Crippen LogP contribution in [0.1, 0.15) is 24.2 Å². The van der Waals surface area contributed by atoms with Crippen LogP contribution in [0.25, 0.3) is 10.9 Å². The minimum Gasteiger partial charge on any atom is -0.377 e. The fourth-order valence-electron chi connectivity index (χ4n) is 3.86. The summed E-state index contributed by atoms with van der Waals surface area (Å²) in [6.07, 6.45) is -2.81. The maximum atomic E-state index is 13.0. The fourth-order valence-corrected chi connectivity index (χ4v) is 3.86. The number of alkyl halides is 3. The third-order valence-electron chi connectivity index (χ3n) is 5.36. The number of carbonyl (C=O) groups is 1. The first-order valence-corrected chi connectivity index (χ1v) is 10.6. The number of halogens is 3. The molecule has 1 fully saturated rings. The monoisotopic (exact) mass is 460 g/mol. The normalized spacial score (nSPS) is 16.4. The van der Waals surface area contributed by atoms with Crippen molar-refractivity contribution >= 4 is 22.5 Å². The molecule has 7 nitrogen and oxygen atoms in total. The number of anilines is 1. The van der Waals surface area contributed by atoms with E-state index in [9.17, 15) is 22.8 Å². The Morgan fingerprint density at radius 2 is 2.03 bits per heavy atom. The van der Waals surface area contributed by atoms with Gasteiger partial charge in [-0.3, -0.25) is 14.5 Å². The summed E-state index contributed by atoms with van der Waals surface area (Å²) in [4.78, 5) is 34.1. The van der Waals surface area contributed by atoms with Crippen LogP contribution in [0.4, 0.5) is 18.9 Å². The summed E-state index contributed by atoms with van der Waals surface area (Å²) < 4.78 is 44.6. The topological polar surface area (TPSA) is 87.3 Å². The van der Waals surface area contributed by atoms with Crippen molar-refractivity contribution < 1.29 is 22.7 Å². The van der Waals surface area contributed by atoms with Gasteiger partial charge in [0.1, 0.15) is 5.82 Å². The van der Waals surface area contributed by atoms with Gasteiger partial charge in [-0.2, -0.15) is 13.2 Å². The largest absolute Gasteiger partial charge is 0.416 e. The number of amides is 1. The Hall–Kier alpha value is -3.24. The summed E-state index contributed by atoms with van der Waals surface area (Å²) in [5.41, 5.74) is -0.513. The standard InChI is InChI=1S/C23H23F3N4O3/c24-23(25,26)15-5-3-6-16(11-15)27-21(31)14-30(12-17-7-4-10-33-17)13-20-28-19-9-2-1-8-18(19)22(32)29-20/h1-3,5-6,8-9,11,17H,4,7,10,12-14H2,(H,27,31)(H,28,29,32)/t17-/m0/s1. The van der Waals surface area contributed by atoms with Crippen LogP contribution in [0, 0.1) is 0 Å². The Bertz CT molecular complexity index is 1190. The number of para-hydroxylation sites is 1. The molecule has 174 valence electrons. The van der Waals surface area contributed by atoms with Crippen molar-refractivity contribution in [3.63, 3.8) is 0 Å². The first kappa shape index (κ1) is 22.9. The number of aromatic nitrogens is 2. The SMILES string of the molecule is O=C(CN(Cc1nc2ccccc2c(=O)[nH]1)C[C@@H]1CCCO1)Nc1cccc(C(F)(F)F)c1. The Kier molecular flexibility index (Phi) is 6.75. The molecule has 0 aliphatic carbocycles. The molecule has 0 bridgehead atoms. The van der Waals surface area contributed by atoms with Crippen molar-refractivity contribution in [1.82, 2.24) is 14.9 Å². The minimum absolute atomic E-state index is 0.0594. The average Bonchev–Trinajstić information content (AvgIpc) is 3.26. The summed E-state index contributed by atoms with van der Waals surface area (Å²) in [5, 5.41) is 2.99. The Balaban J connectivity index is 1.50. The number of H-pyrrole nitrogens is 1. The van der Waals surface area contributed by atoms with Crippen LogP contribution in [0.3, 0.4) is 0 Å². The summed E-state index contributed by atoms with van der Waals surface area (Å²) in [6, 6.07) is 11.4. The zero-order valence-electron chi connectivity index (χ0n) is 17.7. The van der Waals surface area contributed by atoms with Gasteiger partial charge >= 0.3 is 6.18 Å². The van der Waals surface area contributed by atoms with E-state index in [1.807, 2.05) is 0 Å². The number of ether oxygens (including phenoxy) is 1. The van der Waals surface area contributed by atoms with E-state index >= 15 is 0 Å². The maximum Gasteiger partial charge on any atom is 0.416 e. The van der Waals surface area contributed by atoms with Crippen LogP contribution in [-0.2, 0) is 22.3 Å². The van der Waals surface area contributed by atoms with E-state index in [0.29, 0.717) is 29.9 Å². The van der Waals surface area contributed by atoms with E-state index in [2.05, 4.69) is 15.3 Å². The number of hydrogen-bond acceptors (Lipinski definition) is 5. The highest BCUT2D eigenvalue weighted by Gasteiger charge is 2.30. The Morgan fingerprint density at radius 1 is 1.21 bits per heavy atom. The predicted octanol–water partition coefficient (Wildman–Crippen LogP) is 3.56. The van der Waals surface area contributed by atoms with Crippen molar-refractivity contribution in [2.24, 2.45) is 0 Å². The van der Waals surface area contributed by atoms with Gasteiger partial charge in [0.05, 0.1) is 35.7 Å². The third kappa shape index (κ3) is 5.96. The highest BCUT2D eigenvalue weighted by molar-refractivity contribution is 5.92. The number of nitrogens with one attached hydrogen (secondary N) is 2. The van der Waals surface area contributed by atoms with E-state index in [-0.39, 0.29) is 30.4 Å². The Labute approximate surface area is 187 Å². The zero-order chi connectivity index (χ0) is 23.4. The number of hydrogen-bond donors (Lipinski definition) is 2. The van der Waals surface area contributed by atoms with Gasteiger partial charge in [0, 0.05) is 18.8 Å². The molecule has 2 heterocycles. The molecule has 33 heavy (non-hydrogen) atoms. The van der Waals surface area contributed by atoms with E-state index in [0.717, 1.165) is 25.0 Å². The number of aromatic amines is 1. The van der Waals surface area contributed by atoms with E-state index < -0.39 is 17.6 Å². The van der Waals surface area contributed by atoms with Gasteiger partial charge in [-0.25, -0.2) is 4.98 Å². The maximum absolute atomic E-state index is 13.0. The number of rotatable bonds is 7. The number of fused-ring (bicyclic) bond motifs is 1. The van der Waals surface area contributed by atoms with Gasteiger partial charge in [-0.1, -0.05) is 18.2 Å². The molecule has 1 amide bonds. The molecule has 0 unspecified atom stereocenters. The quantitative estimate of drug-likeness (QED) is 0.563. The minimum atomic E-state index is -4.50. The second-order valence-electron chi connectivity index (χ2n) is 7.96. The van der Waals surface area contributed by atoms with E-state index in [4.69, 9.17) is 4.74 Å². The van der Waals surface area contributed by atoms with Gasteiger partial charge < -0.3 is 15.0 Å². The van der Waals surface area contributed by atoms with Gasteiger partial charge in [-0.05, 0) is 43.2 Å². The smallest absolute Gasteiger partial charge is 0.377 e. The number of nitrogens with zero attached hydrogens (tertiary/aromatic N) is 2. The lowest BCUT2D eigenvalue weighted by atomic mass is 10.2. The Morgan fingerprint density at radius 3 is 2.79 bits per heavy atom. The summed E-state index contributed by atoms with van der Waals surface area (Å²) >= 11 is 0. The number of carbonyl (C=O) groups excluding carboxylic acids is 1. The molecule has 1 atom stereocenters. The molecule has 0 spiro atoms. The zero-order valence-corrected chi connectivity index (χ0v) is 17.7. The van der Waals surface area contributed by atoms with Crippen molar-refractivity contribution in [3.05, 3.63) is 70.3 Å². The molecule has 0 radical (unpaired) electrons. The molecule has 0 saturated carbocycles. The van der Waals surface area contributed by atoms with E-state index in [1.165, 1.54) is 12.1 Å². The van der Waals surface area contributed by atoms with Crippen molar-refractivity contribution in [1.29, 1.82) is 0 Å². The molecule has 2 aromatic carbocycles. The lowest BCUT2D eigenvalue weighted by Gasteiger charge is -2.24. The van der Waals surface area contributed by atoms with Crippen molar-refractivity contribution in [2.75, 3.05) is 25.0 Å². The molecular weight excluding hydrogens is 437 g/mol. The first-order chi connectivity index (χ1) is 15.8. The van der Waals surface area contributed by atoms with Crippen LogP contribution >= 0.6 is 0 Å². The summed E-state index contributed by atoms with van der Waals surface area (Å²) in [5.74, 6) is -0.0842. The van der Waals surface area contributed by atoms with Crippen molar-refractivity contribution in [3.8, 4) is 0 Å². The average molecular weight is 460 g/mol. The first-order valence-electron chi connectivity index (χ1n) is 10.6. The summed E-state index contributed by atoms with van der Waals surface area (Å²) in [6.45, 7) is 1.13. The summed E-state index contributed by atoms with van der Waals surface area (Å²) in [7, 11) is 0. The highest BCUT2D eigenvalue weighted by Crippen LogP contribution is 2.30. The molecule has 1 saturated heterocycles. The molecule has 4 rings (SSSR count). The fraction of sp³-hybridized carbons (Fsp3) is 0.348. The molecule has 1 aromatic heterocycles. The lowest BCUT2D eigenvalue weighted by Crippen LogP contribution is -2.38. The van der Waals surface area contributed by atoms with Crippen LogP contribution < -0.4 is 10.9 Å². The molecule has 1 aliphatic rings. The highest BCUT2D eigenvalue weighted by atomic mass is 19.4. The van der Waals surface area contributed by atoms with Crippen molar-refractivity contribution in [2.45, 2.75) is 31.7 Å². The molecular formula is C23H23F3N4O3. The molecule has 2 N–H and O–H groups in total. The second kappa shape index (κ2) is 9.72. The second-order valence-corrected chi connectivity index (χ2v) is 7.96. The van der Waals surface area contributed by atoms with Crippen LogP contribution in [0.5, 0.6) is 0 Å². The van der Waals surface area contributed by atoms with Gasteiger partial charge in [-0.15, -0.1) is 0 Å². The van der Waals surface area contributed by atoms with Crippen LogP contribution in [0.15, 0.2) is 53.3 Å². The van der Waals surface area contributed by atoms with E-state index in [1.54, 1.807) is 29.2 Å². The molecule has 1 aliphatic heterocycles. The lowest BCUT2D eigenvalue weighted by molar-refractivity contribution is -0.137. The van der Waals surface area contributed by atoms with Gasteiger partial charge in [0.25, 0.3) is 5.56 Å². The van der Waals surface area contributed by atoms with Crippen LogP contribution in [0.2, 0.25) is 0 Å². The number of benzene rings is 2.